The zero-order chi connectivity index (χ0) is 23.5. The van der Waals surface area contributed by atoms with Crippen LogP contribution in [0.5, 0.6) is 0 Å². The second kappa shape index (κ2) is 10.1. The van der Waals surface area contributed by atoms with Crippen molar-refractivity contribution in [3.05, 3.63) is 82.9 Å². The van der Waals surface area contributed by atoms with Crippen LogP contribution in [0.2, 0.25) is 5.02 Å². The first kappa shape index (κ1) is 24.4. The molecule has 3 aromatic carbocycles. The first-order valence-corrected chi connectivity index (χ1v) is 11.4. The fourth-order valence-corrected chi connectivity index (χ4v) is 3.98. The molecule has 0 aliphatic heterocycles. The van der Waals surface area contributed by atoms with E-state index in [9.17, 15) is 23.1 Å². The summed E-state index contributed by atoms with van der Waals surface area (Å²) in [4.78, 5) is 12.0. The monoisotopic (exact) mass is 573 g/mol. The molecule has 2 unspecified atom stereocenters. The average molecular weight is 574 g/mol. The minimum Gasteiger partial charge on any atom is -0.481 e. The number of aliphatic carboxylic acids is 1. The molecule has 0 amide bonds. The van der Waals surface area contributed by atoms with E-state index in [1.165, 1.54) is 12.1 Å². The van der Waals surface area contributed by atoms with Gasteiger partial charge in [0.15, 0.2) is 0 Å². The third kappa shape index (κ3) is 6.38. The molecule has 3 nitrogen and oxygen atoms in total. The fourth-order valence-electron chi connectivity index (χ4n) is 3.35. The van der Waals surface area contributed by atoms with Crippen molar-refractivity contribution in [2.75, 3.05) is 5.32 Å². The number of halogens is 5. The minimum absolute atomic E-state index is 0.121. The lowest BCUT2D eigenvalue weighted by Crippen LogP contribution is -2.15. The van der Waals surface area contributed by atoms with Crippen LogP contribution >= 0.6 is 34.2 Å². The average Bonchev–Trinajstić information content (AvgIpc) is 2.72. The van der Waals surface area contributed by atoms with Gasteiger partial charge in [-0.3, -0.25) is 4.79 Å². The maximum Gasteiger partial charge on any atom is 0.416 e. The maximum absolute atomic E-state index is 13.0. The normalized spacial score (nSPS) is 13.4. The fraction of sp³-hybridized carbons (Fsp3) is 0.208. The van der Waals surface area contributed by atoms with Crippen molar-refractivity contribution in [2.45, 2.75) is 29.4 Å². The number of alkyl halides is 4. The zero-order valence-electron chi connectivity index (χ0n) is 17.0. The number of benzene rings is 3. The van der Waals surface area contributed by atoms with E-state index in [4.69, 9.17) is 11.6 Å². The van der Waals surface area contributed by atoms with Gasteiger partial charge in [0.1, 0.15) is 0 Å². The molecule has 0 aliphatic rings. The Kier molecular flexibility index (Phi) is 7.71. The van der Waals surface area contributed by atoms with E-state index in [1.807, 2.05) is 6.92 Å². The number of carboxylic acid groups (broad SMARTS) is 1. The molecule has 0 radical (unpaired) electrons. The molecular weight excluding hydrogens is 554 g/mol. The molecule has 3 rings (SSSR count). The Balaban J connectivity index is 2.06. The molecule has 168 valence electrons. The number of rotatable bonds is 7. The number of carbonyl (C=O) groups is 1. The minimum atomic E-state index is -4.42. The third-order valence-corrected chi connectivity index (χ3v) is 5.66. The molecule has 0 bridgehead atoms. The number of carboxylic acids is 1. The standard InChI is InChI=1S/C24H20ClF3INO2/c1-14(29)10-22(23(31)32)17-11-16(15-2-4-18(5-3-15)24(26,27)28)12-21(13-17)30-20-8-6-19(25)7-9-20/h2-9,11-14,22,30H,10H2,1H3,(H,31,32). The summed E-state index contributed by atoms with van der Waals surface area (Å²) in [6.07, 6.45) is -4.00. The highest BCUT2D eigenvalue weighted by molar-refractivity contribution is 14.1. The van der Waals surface area contributed by atoms with Crippen LogP contribution in [0.4, 0.5) is 24.5 Å². The Bertz CT molecular complexity index is 1080. The molecule has 3 aromatic rings. The molecule has 0 heterocycles. The van der Waals surface area contributed by atoms with Gasteiger partial charge in [-0.2, -0.15) is 13.2 Å². The summed E-state index contributed by atoms with van der Waals surface area (Å²) in [5.41, 5.74) is 2.41. The van der Waals surface area contributed by atoms with E-state index in [0.29, 0.717) is 33.8 Å². The predicted octanol–water partition coefficient (Wildman–Crippen LogP) is 8.15. The third-order valence-electron chi connectivity index (χ3n) is 4.89. The van der Waals surface area contributed by atoms with Crippen molar-refractivity contribution in [1.29, 1.82) is 0 Å². The Morgan fingerprint density at radius 2 is 1.62 bits per heavy atom. The Morgan fingerprint density at radius 1 is 1.00 bits per heavy atom. The second-order valence-corrected chi connectivity index (χ2v) is 10.0. The molecule has 0 fully saturated rings. The lowest BCUT2D eigenvalue weighted by Gasteiger charge is -2.18. The summed E-state index contributed by atoms with van der Waals surface area (Å²) < 4.78 is 39.0. The Labute approximate surface area is 202 Å². The van der Waals surface area contributed by atoms with Gasteiger partial charge in [0.25, 0.3) is 0 Å². The van der Waals surface area contributed by atoms with Crippen molar-refractivity contribution in [1.82, 2.24) is 0 Å². The molecule has 0 spiro atoms. The molecule has 0 aromatic heterocycles. The maximum atomic E-state index is 13.0. The van der Waals surface area contributed by atoms with Crippen LogP contribution in [0.25, 0.3) is 11.1 Å². The first-order valence-electron chi connectivity index (χ1n) is 9.75. The highest BCUT2D eigenvalue weighted by atomic mass is 127. The van der Waals surface area contributed by atoms with Gasteiger partial charge in [-0.25, -0.2) is 0 Å². The lowest BCUT2D eigenvalue weighted by molar-refractivity contribution is -0.139. The first-order chi connectivity index (χ1) is 15.0. The van der Waals surface area contributed by atoms with E-state index in [0.717, 1.165) is 17.8 Å². The van der Waals surface area contributed by atoms with Crippen LogP contribution in [0.1, 0.15) is 30.4 Å². The predicted molar refractivity (Wildman–Crippen MR) is 130 cm³/mol. The van der Waals surface area contributed by atoms with Gasteiger partial charge in [-0.15, -0.1) is 0 Å². The summed E-state index contributed by atoms with van der Waals surface area (Å²) in [6.45, 7) is 1.93. The summed E-state index contributed by atoms with van der Waals surface area (Å²) in [5, 5.41) is 13.6. The van der Waals surface area contributed by atoms with Crippen molar-refractivity contribution >= 4 is 51.5 Å². The molecular formula is C24H20ClF3INO2. The van der Waals surface area contributed by atoms with E-state index < -0.39 is 23.6 Å². The van der Waals surface area contributed by atoms with E-state index in [-0.39, 0.29) is 3.92 Å². The highest BCUT2D eigenvalue weighted by Gasteiger charge is 2.30. The van der Waals surface area contributed by atoms with Gasteiger partial charge in [-0.05, 0) is 71.6 Å². The molecule has 0 saturated heterocycles. The van der Waals surface area contributed by atoms with E-state index in [1.54, 1.807) is 42.5 Å². The van der Waals surface area contributed by atoms with Crippen LogP contribution in [0.3, 0.4) is 0 Å². The second-order valence-electron chi connectivity index (χ2n) is 7.46. The Hall–Kier alpha value is -2.26. The largest absolute Gasteiger partial charge is 0.481 e. The van der Waals surface area contributed by atoms with Crippen LogP contribution < -0.4 is 5.32 Å². The number of hydrogen-bond donors (Lipinski definition) is 2. The topological polar surface area (TPSA) is 49.3 Å². The lowest BCUT2D eigenvalue weighted by atomic mass is 9.91. The SMILES string of the molecule is CC(I)CC(C(=O)O)c1cc(Nc2ccc(Cl)cc2)cc(-c2ccc(C(F)(F)F)cc2)c1. The number of hydrogen-bond acceptors (Lipinski definition) is 2. The molecule has 2 atom stereocenters. The van der Waals surface area contributed by atoms with Crippen molar-refractivity contribution in [3.8, 4) is 11.1 Å². The van der Waals surface area contributed by atoms with Crippen molar-refractivity contribution in [2.24, 2.45) is 0 Å². The molecule has 32 heavy (non-hydrogen) atoms. The van der Waals surface area contributed by atoms with Gasteiger partial charge in [0.05, 0.1) is 11.5 Å². The summed E-state index contributed by atoms with van der Waals surface area (Å²) in [6, 6.07) is 17.1. The zero-order valence-corrected chi connectivity index (χ0v) is 19.9. The van der Waals surface area contributed by atoms with Crippen molar-refractivity contribution in [3.63, 3.8) is 0 Å². The number of nitrogens with one attached hydrogen (secondary N) is 1. The van der Waals surface area contributed by atoms with Gasteiger partial charge >= 0.3 is 12.1 Å². The van der Waals surface area contributed by atoms with E-state index in [2.05, 4.69) is 27.9 Å². The van der Waals surface area contributed by atoms with Gasteiger partial charge < -0.3 is 10.4 Å². The molecule has 0 aliphatic carbocycles. The summed E-state index contributed by atoms with van der Waals surface area (Å²) in [7, 11) is 0. The smallest absolute Gasteiger partial charge is 0.416 e. The van der Waals surface area contributed by atoms with E-state index >= 15 is 0 Å². The van der Waals surface area contributed by atoms with Crippen LogP contribution in [0.15, 0.2) is 66.7 Å². The van der Waals surface area contributed by atoms with Crippen molar-refractivity contribution < 1.29 is 23.1 Å². The highest BCUT2D eigenvalue weighted by Crippen LogP contribution is 2.35. The molecule has 8 heteroatoms. The summed E-state index contributed by atoms with van der Waals surface area (Å²) >= 11 is 8.12. The molecule has 0 saturated carbocycles. The van der Waals surface area contributed by atoms with Crippen LogP contribution in [-0.2, 0) is 11.0 Å². The molecule has 2 N–H and O–H groups in total. The van der Waals surface area contributed by atoms with Gasteiger partial charge in [0, 0.05) is 20.3 Å². The van der Waals surface area contributed by atoms with Gasteiger partial charge in [0.2, 0.25) is 0 Å². The number of anilines is 2. The quantitative estimate of drug-likeness (QED) is 0.222. The Morgan fingerprint density at radius 3 is 2.16 bits per heavy atom. The summed E-state index contributed by atoms with van der Waals surface area (Å²) in [5.74, 6) is -1.70. The van der Waals surface area contributed by atoms with Gasteiger partial charge in [-0.1, -0.05) is 59.3 Å². The van der Waals surface area contributed by atoms with Crippen LogP contribution in [-0.4, -0.2) is 15.0 Å². The van der Waals surface area contributed by atoms with Crippen LogP contribution in [0, 0.1) is 0 Å².